The van der Waals surface area contributed by atoms with E-state index in [9.17, 15) is 19.8 Å². The number of carbonyl (C=O) groups is 2. The molecule has 3 aromatic carbocycles. The molecule has 3 aromatic rings. The molecule has 11 heteroatoms. The summed E-state index contributed by atoms with van der Waals surface area (Å²) in [6, 6.07) is 15.2. The van der Waals surface area contributed by atoms with E-state index in [0.717, 1.165) is 5.69 Å². The molecule has 3 rings (SSSR count). The summed E-state index contributed by atoms with van der Waals surface area (Å²) >= 11 is 12.4. The summed E-state index contributed by atoms with van der Waals surface area (Å²) in [5.41, 5.74) is 4.31. The van der Waals surface area contributed by atoms with E-state index in [2.05, 4.69) is 47.7 Å². The number of benzene rings is 3. The van der Waals surface area contributed by atoms with Crippen molar-refractivity contribution >= 4 is 73.3 Å². The predicted octanol–water partition coefficient (Wildman–Crippen LogP) is 5.26. The molecule has 0 aromatic heterocycles. The number of amides is 2. The molecular weight excluding hydrogens is 616 g/mol. The number of phenols is 2. The summed E-state index contributed by atoms with van der Waals surface area (Å²) in [6.07, 6.45) is 2.70. The highest BCUT2D eigenvalue weighted by Crippen LogP contribution is 2.40. The van der Waals surface area contributed by atoms with Crippen molar-refractivity contribution in [3.05, 3.63) is 91.0 Å². The van der Waals surface area contributed by atoms with Crippen molar-refractivity contribution in [2.24, 2.45) is 5.10 Å². The number of nitrogens with zero attached hydrogens (tertiary/aromatic N) is 2. The molecule has 0 fully saturated rings. The summed E-state index contributed by atoms with van der Waals surface area (Å²) in [5, 5.41) is 26.8. The van der Waals surface area contributed by atoms with Crippen molar-refractivity contribution in [2.75, 3.05) is 19.0 Å². The SMILES string of the molecule is CN(C)c1ccc(C=C(NC(=O)c2ccccc2Cl)C(=O)NN=Cc2cc(Br)c(O)c(Br)c2O)cc1. The Labute approximate surface area is 229 Å². The Morgan fingerprint density at radius 2 is 1.69 bits per heavy atom. The van der Waals surface area contributed by atoms with Crippen molar-refractivity contribution in [3.8, 4) is 11.5 Å². The van der Waals surface area contributed by atoms with Gasteiger partial charge in [-0.2, -0.15) is 5.10 Å². The van der Waals surface area contributed by atoms with E-state index in [1.807, 2.05) is 31.1 Å². The van der Waals surface area contributed by atoms with Crippen LogP contribution < -0.4 is 15.6 Å². The van der Waals surface area contributed by atoms with Gasteiger partial charge in [-0.3, -0.25) is 9.59 Å². The number of aromatic hydroxyl groups is 2. The van der Waals surface area contributed by atoms with E-state index in [-0.39, 0.29) is 37.8 Å². The van der Waals surface area contributed by atoms with Crippen molar-refractivity contribution in [3.63, 3.8) is 0 Å². The van der Waals surface area contributed by atoms with Crippen molar-refractivity contribution < 1.29 is 19.8 Å². The molecule has 0 aliphatic carbocycles. The lowest BCUT2D eigenvalue weighted by molar-refractivity contribution is -0.117. The molecule has 186 valence electrons. The zero-order valence-electron chi connectivity index (χ0n) is 19.1. The number of anilines is 1. The van der Waals surface area contributed by atoms with Crippen LogP contribution in [0.3, 0.4) is 0 Å². The quantitative estimate of drug-likeness (QED) is 0.161. The molecule has 0 saturated heterocycles. The van der Waals surface area contributed by atoms with Crippen LogP contribution in [0, 0.1) is 0 Å². The van der Waals surface area contributed by atoms with Crippen LogP contribution in [0.25, 0.3) is 6.08 Å². The van der Waals surface area contributed by atoms with Gasteiger partial charge >= 0.3 is 0 Å². The van der Waals surface area contributed by atoms with Gasteiger partial charge in [0.25, 0.3) is 11.8 Å². The number of hydrogen-bond acceptors (Lipinski definition) is 6. The molecule has 0 aliphatic heterocycles. The van der Waals surface area contributed by atoms with Crippen molar-refractivity contribution in [1.82, 2.24) is 10.7 Å². The third-order valence-electron chi connectivity index (χ3n) is 4.90. The fourth-order valence-electron chi connectivity index (χ4n) is 2.96. The first-order valence-electron chi connectivity index (χ1n) is 10.4. The second-order valence-corrected chi connectivity index (χ2v) is 9.69. The predicted molar refractivity (Wildman–Crippen MR) is 149 cm³/mol. The normalized spacial score (nSPS) is 11.4. The fourth-order valence-corrected chi connectivity index (χ4v) is 4.34. The molecule has 0 heterocycles. The monoisotopic (exact) mass is 634 g/mol. The first-order chi connectivity index (χ1) is 17.1. The lowest BCUT2D eigenvalue weighted by Crippen LogP contribution is -2.33. The number of hydrazone groups is 1. The molecule has 0 bridgehead atoms. The van der Waals surface area contributed by atoms with Crippen LogP contribution in [-0.4, -0.2) is 42.3 Å². The van der Waals surface area contributed by atoms with E-state index in [1.54, 1.807) is 36.4 Å². The highest BCUT2D eigenvalue weighted by molar-refractivity contribution is 9.11. The summed E-state index contributed by atoms with van der Waals surface area (Å²) in [6.45, 7) is 0. The topological polar surface area (TPSA) is 114 Å². The zero-order valence-corrected chi connectivity index (χ0v) is 23.0. The summed E-state index contributed by atoms with van der Waals surface area (Å²) in [5.74, 6) is -1.72. The molecule has 8 nitrogen and oxygen atoms in total. The first kappa shape index (κ1) is 27.3. The van der Waals surface area contributed by atoms with E-state index in [4.69, 9.17) is 11.6 Å². The van der Waals surface area contributed by atoms with Crippen molar-refractivity contribution in [2.45, 2.75) is 0 Å². The van der Waals surface area contributed by atoms with Crippen LogP contribution in [0.4, 0.5) is 5.69 Å². The highest BCUT2D eigenvalue weighted by atomic mass is 79.9. The average molecular weight is 637 g/mol. The number of halogens is 3. The highest BCUT2D eigenvalue weighted by Gasteiger charge is 2.17. The Morgan fingerprint density at radius 1 is 1.03 bits per heavy atom. The molecule has 0 radical (unpaired) electrons. The summed E-state index contributed by atoms with van der Waals surface area (Å²) in [7, 11) is 3.82. The molecule has 0 saturated carbocycles. The van der Waals surface area contributed by atoms with E-state index < -0.39 is 11.8 Å². The van der Waals surface area contributed by atoms with Gasteiger partial charge < -0.3 is 20.4 Å². The molecule has 0 atom stereocenters. The molecule has 4 N–H and O–H groups in total. The summed E-state index contributed by atoms with van der Waals surface area (Å²) in [4.78, 5) is 27.7. The van der Waals surface area contributed by atoms with Crippen LogP contribution in [-0.2, 0) is 4.79 Å². The lowest BCUT2D eigenvalue weighted by atomic mass is 10.1. The van der Waals surface area contributed by atoms with Crippen LogP contribution in [0.2, 0.25) is 5.02 Å². The van der Waals surface area contributed by atoms with E-state index in [1.165, 1.54) is 18.4 Å². The number of carbonyl (C=O) groups excluding carboxylic acids is 2. The van der Waals surface area contributed by atoms with Gasteiger partial charge in [0, 0.05) is 25.3 Å². The van der Waals surface area contributed by atoms with Crippen LogP contribution in [0.1, 0.15) is 21.5 Å². The number of hydrogen-bond donors (Lipinski definition) is 4. The third-order valence-corrected chi connectivity index (χ3v) is 6.58. The van der Waals surface area contributed by atoms with Gasteiger partial charge in [0.05, 0.1) is 21.3 Å². The van der Waals surface area contributed by atoms with Gasteiger partial charge in [0.15, 0.2) is 0 Å². The minimum atomic E-state index is -0.709. The van der Waals surface area contributed by atoms with Crippen LogP contribution in [0.5, 0.6) is 11.5 Å². The minimum Gasteiger partial charge on any atom is -0.506 e. The molecule has 0 spiro atoms. The summed E-state index contributed by atoms with van der Waals surface area (Å²) < 4.78 is 0.382. The number of rotatable bonds is 7. The molecule has 0 unspecified atom stereocenters. The molecule has 36 heavy (non-hydrogen) atoms. The Kier molecular flexibility index (Phi) is 9.14. The van der Waals surface area contributed by atoms with Gasteiger partial charge in [0.2, 0.25) is 0 Å². The second kappa shape index (κ2) is 12.1. The molecule has 0 aliphatic rings. The van der Waals surface area contributed by atoms with E-state index in [0.29, 0.717) is 10.0 Å². The minimum absolute atomic E-state index is 0.0680. The second-order valence-electron chi connectivity index (χ2n) is 7.64. The van der Waals surface area contributed by atoms with E-state index >= 15 is 0 Å². The molecular formula is C25H21Br2ClN4O4. The Hall–Kier alpha value is -3.34. The largest absolute Gasteiger partial charge is 0.506 e. The number of nitrogens with one attached hydrogen (secondary N) is 2. The van der Waals surface area contributed by atoms with Gasteiger partial charge in [-0.1, -0.05) is 35.9 Å². The van der Waals surface area contributed by atoms with Gasteiger partial charge in [0.1, 0.15) is 21.7 Å². The lowest BCUT2D eigenvalue weighted by Gasteiger charge is -2.13. The standard InChI is InChI=1S/C25H21Br2ClN4O4/c1-32(2)16-9-7-14(8-10-16)11-20(30-24(35)17-5-3-4-6-19(17)28)25(36)31-29-13-15-12-18(26)23(34)21(27)22(15)33/h3-13,33-34H,1-2H3,(H,30,35)(H,31,36). The van der Waals surface area contributed by atoms with Crippen LogP contribution >= 0.6 is 43.5 Å². The first-order valence-corrected chi connectivity index (χ1v) is 12.3. The Balaban J connectivity index is 1.88. The van der Waals surface area contributed by atoms with Crippen molar-refractivity contribution in [1.29, 1.82) is 0 Å². The number of phenolic OH excluding ortho intramolecular Hbond substituents is 2. The maximum atomic E-state index is 13.0. The smallest absolute Gasteiger partial charge is 0.287 e. The van der Waals surface area contributed by atoms with Gasteiger partial charge in [-0.05, 0) is 73.8 Å². The third kappa shape index (κ3) is 6.66. The fraction of sp³-hybridized carbons (Fsp3) is 0.0800. The van der Waals surface area contributed by atoms with Crippen LogP contribution in [0.15, 0.2) is 74.3 Å². The Bertz CT molecular complexity index is 1360. The maximum absolute atomic E-state index is 13.0. The zero-order chi connectivity index (χ0) is 26.4. The van der Waals surface area contributed by atoms with Gasteiger partial charge in [-0.25, -0.2) is 5.43 Å². The van der Waals surface area contributed by atoms with Gasteiger partial charge in [-0.15, -0.1) is 0 Å². The Morgan fingerprint density at radius 3 is 2.33 bits per heavy atom. The average Bonchev–Trinajstić information content (AvgIpc) is 2.85. The maximum Gasteiger partial charge on any atom is 0.287 e. The molecule has 2 amide bonds.